The van der Waals surface area contributed by atoms with Gasteiger partial charge in [-0.1, -0.05) is 6.42 Å². The second kappa shape index (κ2) is 5.36. The molecule has 1 fully saturated rings. The minimum absolute atomic E-state index is 0.00868. The number of aromatic nitrogens is 1. The first-order chi connectivity index (χ1) is 8.54. The number of anilines is 1. The molecule has 1 aliphatic rings. The number of halogens is 1. The topological polar surface area (TPSA) is 68.0 Å². The molecule has 0 aliphatic heterocycles. The average molecular weight is 312 g/mol. The molecule has 0 unspecified atom stereocenters. The molecular formula is C13H18BrN3O. The van der Waals surface area contributed by atoms with Crippen LogP contribution in [0.2, 0.25) is 0 Å². The van der Waals surface area contributed by atoms with Crippen LogP contribution in [0.5, 0.6) is 0 Å². The predicted octanol–water partition coefficient (Wildman–Crippen LogP) is 2.61. The molecule has 0 saturated heterocycles. The van der Waals surface area contributed by atoms with Crippen LogP contribution in [0.4, 0.5) is 5.82 Å². The van der Waals surface area contributed by atoms with Gasteiger partial charge in [-0.3, -0.25) is 4.79 Å². The highest BCUT2D eigenvalue weighted by Crippen LogP contribution is 2.43. The number of rotatable bonds is 4. The van der Waals surface area contributed by atoms with E-state index in [0.717, 1.165) is 23.0 Å². The van der Waals surface area contributed by atoms with Crippen LogP contribution in [-0.2, 0) is 4.79 Å². The third kappa shape index (κ3) is 2.90. The van der Waals surface area contributed by atoms with Crippen molar-refractivity contribution in [1.29, 1.82) is 0 Å². The Hall–Kier alpha value is -0.940. The average Bonchev–Trinajstić information content (AvgIpc) is 2.29. The number of pyridine rings is 1. The minimum Gasteiger partial charge on any atom is -0.330 e. The van der Waals surface area contributed by atoms with Gasteiger partial charge in [-0.25, -0.2) is 4.98 Å². The molecule has 0 bridgehead atoms. The predicted molar refractivity (Wildman–Crippen MR) is 75.3 cm³/mol. The summed E-state index contributed by atoms with van der Waals surface area (Å²) in [5.74, 6) is 0.613. The molecule has 0 atom stereocenters. The van der Waals surface area contributed by atoms with Gasteiger partial charge in [0, 0.05) is 10.9 Å². The van der Waals surface area contributed by atoms with Crippen LogP contribution < -0.4 is 11.1 Å². The molecule has 2 rings (SSSR count). The van der Waals surface area contributed by atoms with Crippen molar-refractivity contribution in [1.82, 2.24) is 4.98 Å². The van der Waals surface area contributed by atoms with Gasteiger partial charge in [0.2, 0.25) is 5.91 Å². The van der Waals surface area contributed by atoms with Crippen LogP contribution in [0.3, 0.4) is 0 Å². The van der Waals surface area contributed by atoms with E-state index in [4.69, 9.17) is 5.73 Å². The molecule has 1 aromatic rings. The molecule has 3 N–H and O–H groups in total. The van der Waals surface area contributed by atoms with Gasteiger partial charge in [0.05, 0.1) is 5.69 Å². The first kappa shape index (κ1) is 13.5. The maximum Gasteiger partial charge on any atom is 0.226 e. The van der Waals surface area contributed by atoms with E-state index in [1.165, 1.54) is 6.42 Å². The maximum atomic E-state index is 12.0. The molecule has 0 spiro atoms. The van der Waals surface area contributed by atoms with Crippen molar-refractivity contribution in [3.05, 3.63) is 22.3 Å². The molecule has 18 heavy (non-hydrogen) atoms. The highest BCUT2D eigenvalue weighted by Gasteiger charge is 2.37. The number of carbonyl (C=O) groups excluding carboxylic acids is 1. The van der Waals surface area contributed by atoms with Crippen molar-refractivity contribution in [2.45, 2.75) is 32.6 Å². The molecule has 0 radical (unpaired) electrons. The van der Waals surface area contributed by atoms with E-state index in [1.54, 1.807) is 6.07 Å². The standard InChI is InChI=1S/C13H18BrN3O/c1-9-10(14)3-4-11(16-9)17-12(18)7-13(8-15)5-2-6-13/h3-4H,2,5-8,15H2,1H3,(H,16,17,18). The molecule has 1 aliphatic carbocycles. The van der Waals surface area contributed by atoms with Crippen molar-refractivity contribution >= 4 is 27.7 Å². The smallest absolute Gasteiger partial charge is 0.226 e. The number of nitrogens with one attached hydrogen (secondary N) is 1. The first-order valence-corrected chi connectivity index (χ1v) is 6.97. The first-order valence-electron chi connectivity index (χ1n) is 6.18. The van der Waals surface area contributed by atoms with Crippen LogP contribution in [-0.4, -0.2) is 17.4 Å². The molecule has 98 valence electrons. The number of hydrogen-bond donors (Lipinski definition) is 2. The summed E-state index contributed by atoms with van der Waals surface area (Å²) < 4.78 is 0.943. The molecular weight excluding hydrogens is 294 g/mol. The zero-order valence-corrected chi connectivity index (χ0v) is 12.1. The number of hydrogen-bond acceptors (Lipinski definition) is 3. The third-order valence-corrected chi connectivity index (χ3v) is 4.51. The minimum atomic E-state index is 0.00868. The van der Waals surface area contributed by atoms with E-state index in [2.05, 4.69) is 26.2 Å². The van der Waals surface area contributed by atoms with Crippen LogP contribution >= 0.6 is 15.9 Å². The van der Waals surface area contributed by atoms with E-state index in [-0.39, 0.29) is 11.3 Å². The largest absolute Gasteiger partial charge is 0.330 e. The van der Waals surface area contributed by atoms with Crippen molar-refractivity contribution in [2.24, 2.45) is 11.1 Å². The van der Waals surface area contributed by atoms with Gasteiger partial charge in [0.1, 0.15) is 5.82 Å². The lowest BCUT2D eigenvalue weighted by atomic mass is 9.66. The maximum absolute atomic E-state index is 12.0. The van der Waals surface area contributed by atoms with Crippen molar-refractivity contribution < 1.29 is 4.79 Å². The van der Waals surface area contributed by atoms with Gasteiger partial charge in [-0.2, -0.15) is 0 Å². The molecule has 0 aromatic carbocycles. The van der Waals surface area contributed by atoms with Gasteiger partial charge < -0.3 is 11.1 Å². The molecule has 1 aromatic heterocycles. The van der Waals surface area contributed by atoms with Gasteiger partial charge >= 0.3 is 0 Å². The Bertz CT molecular complexity index is 452. The van der Waals surface area contributed by atoms with Crippen LogP contribution in [0.25, 0.3) is 0 Å². The van der Waals surface area contributed by atoms with Gasteiger partial charge in [-0.05, 0) is 59.8 Å². The second-order valence-electron chi connectivity index (χ2n) is 5.05. The Morgan fingerprint density at radius 3 is 2.78 bits per heavy atom. The van der Waals surface area contributed by atoms with Crippen LogP contribution in [0.1, 0.15) is 31.4 Å². The molecule has 1 saturated carbocycles. The quantitative estimate of drug-likeness (QED) is 0.898. The number of nitrogens with two attached hydrogens (primary N) is 1. The van der Waals surface area contributed by atoms with Crippen molar-refractivity contribution in [3.8, 4) is 0 Å². The van der Waals surface area contributed by atoms with Crippen LogP contribution in [0.15, 0.2) is 16.6 Å². The Morgan fingerprint density at radius 2 is 2.28 bits per heavy atom. The fourth-order valence-electron chi connectivity index (χ4n) is 2.27. The van der Waals surface area contributed by atoms with E-state index in [9.17, 15) is 4.79 Å². The lowest BCUT2D eigenvalue weighted by Gasteiger charge is -2.40. The van der Waals surface area contributed by atoms with E-state index in [1.807, 2.05) is 13.0 Å². The fourth-order valence-corrected chi connectivity index (χ4v) is 2.49. The summed E-state index contributed by atoms with van der Waals surface area (Å²) in [6, 6.07) is 3.69. The number of carbonyl (C=O) groups is 1. The van der Waals surface area contributed by atoms with E-state index in [0.29, 0.717) is 18.8 Å². The van der Waals surface area contributed by atoms with Crippen molar-refractivity contribution in [3.63, 3.8) is 0 Å². The summed E-state index contributed by atoms with van der Waals surface area (Å²) in [6.07, 6.45) is 3.80. The molecule has 4 nitrogen and oxygen atoms in total. The van der Waals surface area contributed by atoms with E-state index < -0.39 is 0 Å². The number of nitrogens with zero attached hydrogens (tertiary/aromatic N) is 1. The Morgan fingerprint density at radius 1 is 1.56 bits per heavy atom. The Kier molecular flexibility index (Phi) is 4.02. The molecule has 1 amide bonds. The zero-order valence-electron chi connectivity index (χ0n) is 10.5. The highest BCUT2D eigenvalue weighted by molar-refractivity contribution is 9.10. The number of amides is 1. The monoisotopic (exact) mass is 311 g/mol. The zero-order chi connectivity index (χ0) is 13.2. The summed E-state index contributed by atoms with van der Waals surface area (Å²) in [7, 11) is 0. The summed E-state index contributed by atoms with van der Waals surface area (Å²) in [6.45, 7) is 2.49. The second-order valence-corrected chi connectivity index (χ2v) is 5.90. The van der Waals surface area contributed by atoms with Crippen molar-refractivity contribution in [2.75, 3.05) is 11.9 Å². The van der Waals surface area contributed by atoms with E-state index >= 15 is 0 Å². The Balaban J connectivity index is 1.96. The van der Waals surface area contributed by atoms with Crippen LogP contribution in [0, 0.1) is 12.3 Å². The third-order valence-electron chi connectivity index (χ3n) is 3.67. The van der Waals surface area contributed by atoms with Gasteiger partial charge in [0.25, 0.3) is 0 Å². The highest BCUT2D eigenvalue weighted by atomic mass is 79.9. The van der Waals surface area contributed by atoms with Gasteiger partial charge in [0.15, 0.2) is 0 Å². The Labute approximate surface area is 115 Å². The molecule has 1 heterocycles. The number of aryl methyl sites for hydroxylation is 1. The lowest BCUT2D eigenvalue weighted by molar-refractivity contribution is -0.119. The summed E-state index contributed by atoms with van der Waals surface area (Å²) in [5, 5.41) is 2.84. The van der Waals surface area contributed by atoms with Gasteiger partial charge in [-0.15, -0.1) is 0 Å². The SMILES string of the molecule is Cc1nc(NC(=O)CC2(CN)CCC2)ccc1Br. The lowest BCUT2D eigenvalue weighted by Crippen LogP contribution is -2.40. The summed E-state index contributed by atoms with van der Waals surface area (Å²) in [5.41, 5.74) is 6.65. The summed E-state index contributed by atoms with van der Waals surface area (Å²) >= 11 is 3.38. The molecule has 5 heteroatoms. The summed E-state index contributed by atoms with van der Waals surface area (Å²) in [4.78, 5) is 16.3. The normalized spacial score (nSPS) is 17.1. The fraction of sp³-hybridized carbons (Fsp3) is 0.538.